The Bertz CT molecular complexity index is 441. The molecule has 0 saturated carbocycles. The molecule has 1 fully saturated rings. The van der Waals surface area contributed by atoms with E-state index in [2.05, 4.69) is 17.1 Å². The van der Waals surface area contributed by atoms with Crippen LogP contribution in [0.3, 0.4) is 0 Å². The van der Waals surface area contributed by atoms with Crippen molar-refractivity contribution in [3.05, 3.63) is 24.3 Å². The molecule has 0 bridgehead atoms. The van der Waals surface area contributed by atoms with Crippen LogP contribution < -0.4 is 16.0 Å². The highest BCUT2D eigenvalue weighted by molar-refractivity contribution is 5.90. The van der Waals surface area contributed by atoms with E-state index in [4.69, 9.17) is 10.5 Å². The standard InChI is InChI=1S/C16H25N3O2/c1-13(12-17)2-7-16(20)18-14-3-5-15(6-4-14)19-8-10-21-11-9-19/h3-6,13H,2,7-12,17H2,1H3,(H,18,20). The first kappa shape index (κ1) is 15.8. The minimum Gasteiger partial charge on any atom is -0.378 e. The summed E-state index contributed by atoms with van der Waals surface area (Å²) in [6.45, 7) is 6.08. The third-order valence-corrected chi connectivity index (χ3v) is 3.79. The molecule has 3 N–H and O–H groups in total. The Morgan fingerprint density at radius 2 is 2.00 bits per heavy atom. The number of rotatable bonds is 6. The number of hydrogen-bond donors (Lipinski definition) is 2. The van der Waals surface area contributed by atoms with Crippen LogP contribution in [0.1, 0.15) is 19.8 Å². The van der Waals surface area contributed by atoms with E-state index < -0.39 is 0 Å². The zero-order valence-corrected chi connectivity index (χ0v) is 12.7. The normalized spacial score (nSPS) is 16.6. The van der Waals surface area contributed by atoms with Gasteiger partial charge in [-0.2, -0.15) is 0 Å². The zero-order valence-electron chi connectivity index (χ0n) is 12.7. The van der Waals surface area contributed by atoms with Crippen LogP contribution in [0.2, 0.25) is 0 Å². The summed E-state index contributed by atoms with van der Waals surface area (Å²) in [5.41, 5.74) is 7.57. The summed E-state index contributed by atoms with van der Waals surface area (Å²) in [7, 11) is 0. The first-order chi connectivity index (χ1) is 10.2. The van der Waals surface area contributed by atoms with Crippen LogP contribution in [0.25, 0.3) is 0 Å². The van der Waals surface area contributed by atoms with Crippen LogP contribution in [0.5, 0.6) is 0 Å². The van der Waals surface area contributed by atoms with Crippen molar-refractivity contribution < 1.29 is 9.53 Å². The smallest absolute Gasteiger partial charge is 0.224 e. The predicted molar refractivity (Wildman–Crippen MR) is 85.6 cm³/mol. The Balaban J connectivity index is 1.82. The minimum absolute atomic E-state index is 0.0504. The third-order valence-electron chi connectivity index (χ3n) is 3.79. The van der Waals surface area contributed by atoms with E-state index in [-0.39, 0.29) is 5.91 Å². The van der Waals surface area contributed by atoms with Crippen LogP contribution in [-0.2, 0) is 9.53 Å². The van der Waals surface area contributed by atoms with Crippen molar-refractivity contribution in [3.63, 3.8) is 0 Å². The Morgan fingerprint density at radius 1 is 1.33 bits per heavy atom. The van der Waals surface area contributed by atoms with E-state index in [0.29, 0.717) is 18.9 Å². The molecule has 1 unspecified atom stereocenters. The lowest BCUT2D eigenvalue weighted by Crippen LogP contribution is -2.36. The van der Waals surface area contributed by atoms with E-state index in [1.54, 1.807) is 0 Å². The molecule has 0 aliphatic carbocycles. The average Bonchev–Trinajstić information content (AvgIpc) is 2.54. The molecule has 2 rings (SSSR count). The predicted octanol–water partition coefficient (Wildman–Crippen LogP) is 1.84. The van der Waals surface area contributed by atoms with E-state index in [1.807, 2.05) is 24.3 Å². The summed E-state index contributed by atoms with van der Waals surface area (Å²) >= 11 is 0. The lowest BCUT2D eigenvalue weighted by Gasteiger charge is -2.28. The van der Waals surface area contributed by atoms with Gasteiger partial charge in [0, 0.05) is 30.9 Å². The molecule has 1 atom stereocenters. The molecule has 1 saturated heterocycles. The van der Waals surface area contributed by atoms with E-state index in [0.717, 1.165) is 38.4 Å². The SMILES string of the molecule is CC(CN)CCC(=O)Nc1ccc(N2CCOCC2)cc1. The van der Waals surface area contributed by atoms with Crippen molar-refractivity contribution >= 4 is 17.3 Å². The molecule has 5 nitrogen and oxygen atoms in total. The molecule has 116 valence electrons. The summed E-state index contributed by atoms with van der Waals surface area (Å²) < 4.78 is 5.35. The summed E-state index contributed by atoms with van der Waals surface area (Å²) in [5.74, 6) is 0.439. The molecular weight excluding hydrogens is 266 g/mol. The fourth-order valence-electron chi connectivity index (χ4n) is 2.30. The second-order valence-corrected chi connectivity index (χ2v) is 5.57. The van der Waals surface area contributed by atoms with Gasteiger partial charge in [-0.1, -0.05) is 6.92 Å². The number of benzene rings is 1. The topological polar surface area (TPSA) is 67.6 Å². The lowest BCUT2D eigenvalue weighted by molar-refractivity contribution is -0.116. The summed E-state index contributed by atoms with van der Waals surface area (Å²) in [4.78, 5) is 14.1. The molecule has 1 amide bonds. The van der Waals surface area contributed by atoms with Crippen molar-refractivity contribution in [3.8, 4) is 0 Å². The number of nitrogens with one attached hydrogen (secondary N) is 1. The highest BCUT2D eigenvalue weighted by atomic mass is 16.5. The Morgan fingerprint density at radius 3 is 2.62 bits per heavy atom. The average molecular weight is 291 g/mol. The van der Waals surface area contributed by atoms with Crippen LogP contribution in [0, 0.1) is 5.92 Å². The number of hydrogen-bond acceptors (Lipinski definition) is 4. The van der Waals surface area contributed by atoms with Gasteiger partial charge in [0.25, 0.3) is 0 Å². The highest BCUT2D eigenvalue weighted by Crippen LogP contribution is 2.19. The number of nitrogens with zero attached hydrogens (tertiary/aromatic N) is 1. The van der Waals surface area contributed by atoms with Crippen molar-refractivity contribution in [1.29, 1.82) is 0 Å². The number of anilines is 2. The quantitative estimate of drug-likeness (QED) is 0.839. The van der Waals surface area contributed by atoms with Crippen LogP contribution in [0.4, 0.5) is 11.4 Å². The first-order valence-corrected chi connectivity index (χ1v) is 7.61. The summed E-state index contributed by atoms with van der Waals surface area (Å²) in [6, 6.07) is 8.00. The third kappa shape index (κ3) is 5.02. The molecule has 0 spiro atoms. The lowest BCUT2D eigenvalue weighted by atomic mass is 10.1. The maximum atomic E-state index is 11.8. The molecule has 1 heterocycles. The Labute approximate surface area is 126 Å². The zero-order chi connectivity index (χ0) is 15.1. The van der Waals surface area contributed by atoms with Crippen molar-refractivity contribution in [2.75, 3.05) is 43.1 Å². The Hall–Kier alpha value is -1.59. The van der Waals surface area contributed by atoms with Crippen LogP contribution in [0.15, 0.2) is 24.3 Å². The fraction of sp³-hybridized carbons (Fsp3) is 0.562. The number of morpholine rings is 1. The number of amides is 1. The number of ether oxygens (including phenoxy) is 1. The van der Waals surface area contributed by atoms with Crippen molar-refractivity contribution in [2.45, 2.75) is 19.8 Å². The fourth-order valence-corrected chi connectivity index (χ4v) is 2.30. The second-order valence-electron chi connectivity index (χ2n) is 5.57. The van der Waals surface area contributed by atoms with Gasteiger partial charge in [-0.25, -0.2) is 0 Å². The van der Waals surface area contributed by atoms with Gasteiger partial charge in [0.05, 0.1) is 13.2 Å². The number of carbonyl (C=O) groups is 1. The summed E-state index contributed by atoms with van der Waals surface area (Å²) in [6.07, 6.45) is 1.35. The van der Waals surface area contributed by atoms with E-state index in [1.165, 1.54) is 5.69 Å². The van der Waals surface area contributed by atoms with Gasteiger partial charge in [0.1, 0.15) is 0 Å². The van der Waals surface area contributed by atoms with Gasteiger partial charge in [-0.15, -0.1) is 0 Å². The monoisotopic (exact) mass is 291 g/mol. The molecule has 1 aliphatic rings. The first-order valence-electron chi connectivity index (χ1n) is 7.61. The minimum atomic E-state index is 0.0504. The summed E-state index contributed by atoms with van der Waals surface area (Å²) in [5, 5.41) is 2.93. The van der Waals surface area contributed by atoms with E-state index in [9.17, 15) is 4.79 Å². The second kappa shape index (κ2) is 8.00. The molecule has 0 aromatic heterocycles. The molecule has 1 aromatic rings. The molecule has 0 radical (unpaired) electrons. The number of carbonyl (C=O) groups excluding carboxylic acids is 1. The maximum Gasteiger partial charge on any atom is 0.224 e. The van der Waals surface area contributed by atoms with Crippen LogP contribution >= 0.6 is 0 Å². The van der Waals surface area contributed by atoms with Gasteiger partial charge in [-0.05, 0) is 43.1 Å². The molecule has 5 heteroatoms. The van der Waals surface area contributed by atoms with Gasteiger partial charge in [0.15, 0.2) is 0 Å². The van der Waals surface area contributed by atoms with E-state index >= 15 is 0 Å². The van der Waals surface area contributed by atoms with Gasteiger partial charge < -0.3 is 20.7 Å². The highest BCUT2D eigenvalue weighted by Gasteiger charge is 2.11. The van der Waals surface area contributed by atoms with Gasteiger partial charge in [0.2, 0.25) is 5.91 Å². The van der Waals surface area contributed by atoms with Crippen molar-refractivity contribution in [1.82, 2.24) is 0 Å². The molecular formula is C16H25N3O2. The maximum absolute atomic E-state index is 11.8. The number of nitrogens with two attached hydrogens (primary N) is 1. The van der Waals surface area contributed by atoms with Gasteiger partial charge >= 0.3 is 0 Å². The molecule has 21 heavy (non-hydrogen) atoms. The molecule has 1 aromatic carbocycles. The molecule has 1 aliphatic heterocycles. The van der Waals surface area contributed by atoms with Gasteiger partial charge in [-0.3, -0.25) is 4.79 Å². The van der Waals surface area contributed by atoms with Crippen molar-refractivity contribution in [2.24, 2.45) is 11.7 Å². The Kier molecular flexibility index (Phi) is 6.02. The largest absolute Gasteiger partial charge is 0.378 e. The van der Waals surface area contributed by atoms with Crippen LogP contribution in [-0.4, -0.2) is 38.8 Å².